The van der Waals surface area contributed by atoms with Gasteiger partial charge in [0.25, 0.3) is 10.1 Å². The number of para-hydroxylation sites is 3. The summed E-state index contributed by atoms with van der Waals surface area (Å²) in [6, 6.07) is 14.4. The molecule has 13 nitrogen and oxygen atoms in total. The standard InChI is InChI=1S/C30H30N2O11S2.K/c1-40-32-24(16-17-28-31(18-8-20-45(37,38)39)23-11-3-5-13-27(23)42-28)30(33)43-29(32)15-6-14-26-22(10-7-19-44(34,35)36)21-9-2-4-12-25(21)41-26;/h2-6,9,11-17H,7-8,10,18-20H2,1H3,(H,34,35,36)(H,37,38,39);/q;+1/p-1/b14-6+,24-16-,28-17-,29-15-;. The minimum Gasteiger partial charge on any atom is -0.748 e. The molecule has 0 radical (unpaired) electrons. The van der Waals surface area contributed by atoms with Crippen molar-refractivity contribution in [1.29, 1.82) is 0 Å². The summed E-state index contributed by atoms with van der Waals surface area (Å²) < 4.78 is 83.3. The van der Waals surface area contributed by atoms with Crippen molar-refractivity contribution in [2.24, 2.45) is 0 Å². The van der Waals surface area contributed by atoms with Gasteiger partial charge in [-0.2, -0.15) is 8.42 Å². The van der Waals surface area contributed by atoms with Gasteiger partial charge in [0.05, 0.1) is 21.6 Å². The van der Waals surface area contributed by atoms with E-state index in [-0.39, 0.29) is 87.4 Å². The fourth-order valence-electron chi connectivity index (χ4n) is 4.93. The maximum absolute atomic E-state index is 12.8. The number of anilines is 1. The van der Waals surface area contributed by atoms with Crippen molar-refractivity contribution in [2.75, 3.05) is 30.1 Å². The first-order chi connectivity index (χ1) is 21.4. The van der Waals surface area contributed by atoms with Gasteiger partial charge in [-0.1, -0.05) is 36.4 Å². The molecular formula is C30H29KN2O11S2. The number of aromatic nitrogens is 1. The Morgan fingerprint density at radius 3 is 2.43 bits per heavy atom. The van der Waals surface area contributed by atoms with Crippen molar-refractivity contribution in [3.05, 3.63) is 99.2 Å². The Hall–Kier alpha value is -2.93. The Kier molecular flexibility index (Phi) is 12.0. The Labute approximate surface area is 307 Å². The van der Waals surface area contributed by atoms with E-state index in [2.05, 4.69) is 0 Å². The van der Waals surface area contributed by atoms with Crippen LogP contribution in [0.3, 0.4) is 0 Å². The summed E-state index contributed by atoms with van der Waals surface area (Å²) in [6.45, 7) is 0.182. The number of furan rings is 1. The van der Waals surface area contributed by atoms with Gasteiger partial charge in [0.15, 0.2) is 11.1 Å². The Balaban J connectivity index is 0.00000480. The molecule has 0 amide bonds. The van der Waals surface area contributed by atoms with Crippen LogP contribution >= 0.6 is 0 Å². The van der Waals surface area contributed by atoms with Crippen LogP contribution in [0.25, 0.3) is 29.2 Å². The number of hydrogen-bond donors (Lipinski definition) is 1. The van der Waals surface area contributed by atoms with Gasteiger partial charge < -0.3 is 27.9 Å². The van der Waals surface area contributed by atoms with Crippen molar-refractivity contribution in [2.45, 2.75) is 19.3 Å². The van der Waals surface area contributed by atoms with Crippen molar-refractivity contribution in [1.82, 2.24) is 4.73 Å². The van der Waals surface area contributed by atoms with E-state index in [0.29, 0.717) is 35.1 Å². The van der Waals surface area contributed by atoms with Crippen LogP contribution in [0.15, 0.2) is 80.2 Å². The predicted molar refractivity (Wildman–Crippen MR) is 165 cm³/mol. The fraction of sp³-hybridized carbons (Fsp3) is 0.233. The molecule has 0 unspecified atom stereocenters. The average Bonchev–Trinajstić information content (AvgIpc) is 3.61. The Morgan fingerprint density at radius 1 is 0.957 bits per heavy atom. The van der Waals surface area contributed by atoms with Crippen LogP contribution in [0.4, 0.5) is 5.69 Å². The molecule has 0 aliphatic carbocycles. The second kappa shape index (κ2) is 15.3. The molecule has 0 bridgehead atoms. The molecule has 1 N–H and O–H groups in total. The number of rotatable bonds is 12. The van der Waals surface area contributed by atoms with Crippen molar-refractivity contribution in [3.8, 4) is 5.75 Å². The van der Waals surface area contributed by atoms with E-state index in [1.54, 1.807) is 47.4 Å². The van der Waals surface area contributed by atoms with E-state index in [9.17, 15) is 26.2 Å². The van der Waals surface area contributed by atoms with Crippen LogP contribution in [-0.2, 0) is 26.7 Å². The molecule has 5 rings (SSSR count). The van der Waals surface area contributed by atoms with E-state index in [4.69, 9.17) is 23.0 Å². The number of fused-ring (bicyclic) bond motifs is 2. The van der Waals surface area contributed by atoms with Crippen molar-refractivity contribution >= 4 is 55.1 Å². The first-order valence-corrected chi connectivity index (χ1v) is 16.9. The van der Waals surface area contributed by atoms with E-state index in [1.807, 2.05) is 18.2 Å². The largest absolute Gasteiger partial charge is 1.00 e. The molecule has 16 heteroatoms. The predicted octanol–water partition coefficient (Wildman–Crippen LogP) is -0.980. The van der Waals surface area contributed by atoms with E-state index in [0.717, 1.165) is 10.9 Å². The maximum atomic E-state index is 12.8. The summed E-state index contributed by atoms with van der Waals surface area (Å²) in [7, 11) is -7.14. The zero-order valence-electron chi connectivity index (χ0n) is 25.0. The number of allylic oxidation sites excluding steroid dienone is 2. The number of hydrogen-bond acceptors (Lipinski definition) is 11. The third-order valence-corrected chi connectivity index (χ3v) is 8.44. The summed E-state index contributed by atoms with van der Waals surface area (Å²) in [5.41, 5.74) is 1.40. The van der Waals surface area contributed by atoms with Gasteiger partial charge in [0.2, 0.25) is 11.4 Å². The minimum absolute atomic E-state index is 0. The molecule has 46 heavy (non-hydrogen) atoms. The molecule has 2 aromatic heterocycles. The van der Waals surface area contributed by atoms with Crippen LogP contribution in [0.5, 0.6) is 5.75 Å². The summed E-state index contributed by atoms with van der Waals surface area (Å²) >= 11 is 0. The third-order valence-electron chi connectivity index (χ3n) is 6.85. The molecule has 0 saturated carbocycles. The Bertz CT molecular complexity index is 2180. The number of oxazole rings is 1. The molecule has 0 atom stereocenters. The molecule has 1 aliphatic rings. The SMILES string of the molecule is COn1/c(=C/C=C/c2oc3ccccc3c2CCCS(=O)(=O)O)oc(=O)/c1=C/C=C1\Oc2ccccc2N1CCCS(=O)(=O)[O-].[K+]. The van der Waals surface area contributed by atoms with Crippen LogP contribution in [0.2, 0.25) is 0 Å². The van der Waals surface area contributed by atoms with Gasteiger partial charge >= 0.3 is 57.0 Å². The van der Waals surface area contributed by atoms with Crippen LogP contribution in [0, 0.1) is 0 Å². The van der Waals surface area contributed by atoms with Crippen LogP contribution in [0.1, 0.15) is 24.2 Å². The summed E-state index contributed by atoms with van der Waals surface area (Å²) in [5.74, 6) is 0.379. The smallest absolute Gasteiger partial charge is 0.748 e. The molecular weight excluding hydrogens is 668 g/mol. The molecule has 2 aromatic carbocycles. The zero-order chi connectivity index (χ0) is 32.2. The number of aryl methyl sites for hydroxylation is 1. The van der Waals surface area contributed by atoms with Crippen molar-refractivity contribution in [3.63, 3.8) is 0 Å². The molecule has 4 aromatic rings. The molecule has 0 spiro atoms. The number of nitrogens with zero attached hydrogens (tertiary/aromatic N) is 2. The van der Waals surface area contributed by atoms with Gasteiger partial charge in [-0.3, -0.25) is 4.55 Å². The average molecular weight is 697 g/mol. The molecule has 1 aliphatic heterocycles. The normalized spacial score (nSPS) is 15.1. The number of benzene rings is 2. The molecule has 0 saturated heterocycles. The van der Waals surface area contributed by atoms with Crippen LogP contribution < -0.4 is 82.4 Å². The van der Waals surface area contributed by atoms with Gasteiger partial charge in [-0.15, -0.1) is 4.73 Å². The maximum Gasteiger partial charge on any atom is 1.00 e. The third kappa shape index (κ3) is 8.90. The minimum atomic E-state index is -4.39. The summed E-state index contributed by atoms with van der Waals surface area (Å²) in [4.78, 5) is 19.9. The second-order valence-corrected chi connectivity index (χ2v) is 13.1. The van der Waals surface area contributed by atoms with E-state index < -0.39 is 31.6 Å². The van der Waals surface area contributed by atoms with E-state index in [1.165, 1.54) is 30.1 Å². The van der Waals surface area contributed by atoms with E-state index >= 15 is 0 Å². The van der Waals surface area contributed by atoms with Gasteiger partial charge in [-0.25, -0.2) is 13.2 Å². The molecule has 3 heterocycles. The summed E-state index contributed by atoms with van der Waals surface area (Å²) in [5, 5.41) is 0.838. The molecule has 238 valence electrons. The van der Waals surface area contributed by atoms with Gasteiger partial charge in [-0.05, 0) is 49.6 Å². The Morgan fingerprint density at radius 2 is 1.70 bits per heavy atom. The van der Waals surface area contributed by atoms with Crippen LogP contribution in [-0.4, -0.2) is 55.8 Å². The second-order valence-electron chi connectivity index (χ2n) is 9.95. The topological polar surface area (TPSA) is 182 Å². The fourth-order valence-corrected chi connectivity index (χ4v) is 5.92. The van der Waals surface area contributed by atoms with Crippen molar-refractivity contribution < 1.29 is 95.7 Å². The number of ether oxygens (including phenoxy) is 1. The monoisotopic (exact) mass is 696 g/mol. The summed E-state index contributed by atoms with van der Waals surface area (Å²) in [6.07, 6.45) is 8.25. The molecule has 0 fully saturated rings. The zero-order valence-corrected chi connectivity index (χ0v) is 29.7. The first kappa shape index (κ1) is 35.9. The van der Waals surface area contributed by atoms with Gasteiger partial charge in [0, 0.05) is 35.4 Å². The first-order valence-electron chi connectivity index (χ1n) is 13.7. The quantitative estimate of drug-likeness (QED) is 0.142. The van der Waals surface area contributed by atoms with Gasteiger partial charge in [0.1, 0.15) is 18.5 Å².